The second-order valence-corrected chi connectivity index (χ2v) is 4.87. The molecule has 0 nitrogen and oxygen atoms in total. The molecule has 0 spiro atoms. The van der Waals surface area contributed by atoms with E-state index >= 15 is 0 Å². The van der Waals surface area contributed by atoms with Gasteiger partial charge in [-0.25, -0.2) is 0 Å². The highest BCUT2D eigenvalue weighted by Crippen LogP contribution is 2.38. The van der Waals surface area contributed by atoms with Gasteiger partial charge in [0.25, 0.3) is 0 Å². The van der Waals surface area contributed by atoms with E-state index in [1.807, 2.05) is 30.3 Å². The molecule has 0 fully saturated rings. The molecule has 0 heterocycles. The molecule has 0 amide bonds. The predicted molar refractivity (Wildman–Crippen MR) is 74.2 cm³/mol. The van der Waals surface area contributed by atoms with Crippen LogP contribution in [0.25, 0.3) is 21.5 Å². The summed E-state index contributed by atoms with van der Waals surface area (Å²) < 4.78 is 0. The number of fused-ring (bicyclic) bond motifs is 3. The smallest absolute Gasteiger partial charge is 0.0692 e. The Bertz CT molecular complexity index is 732. The average Bonchev–Trinajstić information content (AvgIpc) is 2.33. The van der Waals surface area contributed by atoms with E-state index in [2.05, 4.69) is 12.1 Å². The lowest BCUT2D eigenvalue weighted by Gasteiger charge is -2.08. The Kier molecular flexibility index (Phi) is 2.67. The van der Waals surface area contributed by atoms with Crippen molar-refractivity contribution in [3.05, 3.63) is 57.5 Å². The largest absolute Gasteiger partial charge is 0.0836 e. The van der Waals surface area contributed by atoms with Crippen molar-refractivity contribution in [3.8, 4) is 0 Å². The molecule has 0 aliphatic heterocycles. The van der Waals surface area contributed by atoms with E-state index in [0.717, 1.165) is 21.5 Å². The normalized spacial score (nSPS) is 11.2. The summed E-state index contributed by atoms with van der Waals surface area (Å²) in [4.78, 5) is 0. The number of benzene rings is 3. The molecule has 0 saturated carbocycles. The maximum atomic E-state index is 6.24. The van der Waals surface area contributed by atoms with Crippen LogP contribution in [0.2, 0.25) is 15.1 Å². The fraction of sp³-hybridized carbons (Fsp3) is 0. The van der Waals surface area contributed by atoms with Crippen molar-refractivity contribution in [2.45, 2.75) is 0 Å². The molecule has 0 atom stereocenters. The van der Waals surface area contributed by atoms with Crippen LogP contribution in [0.1, 0.15) is 0 Å². The summed E-state index contributed by atoms with van der Waals surface area (Å²) in [6, 6.07) is 15.4. The van der Waals surface area contributed by atoms with Crippen molar-refractivity contribution in [3.63, 3.8) is 0 Å². The van der Waals surface area contributed by atoms with Crippen LogP contribution in [0.3, 0.4) is 0 Å². The molecular formula is C14H5Cl3. The van der Waals surface area contributed by atoms with E-state index in [1.165, 1.54) is 0 Å². The van der Waals surface area contributed by atoms with Crippen molar-refractivity contribution in [2.75, 3.05) is 0 Å². The van der Waals surface area contributed by atoms with Gasteiger partial charge in [0.05, 0.1) is 15.1 Å². The third kappa shape index (κ3) is 1.68. The van der Waals surface area contributed by atoms with E-state index in [0.29, 0.717) is 15.1 Å². The third-order valence-corrected chi connectivity index (χ3v) is 3.80. The summed E-state index contributed by atoms with van der Waals surface area (Å²) in [5, 5.41) is 5.25. The summed E-state index contributed by atoms with van der Waals surface area (Å²) >= 11 is 18.4. The summed E-state index contributed by atoms with van der Waals surface area (Å²) in [5.74, 6) is 0. The van der Waals surface area contributed by atoms with Gasteiger partial charge in [0.1, 0.15) is 0 Å². The van der Waals surface area contributed by atoms with Crippen molar-refractivity contribution >= 4 is 56.3 Å². The maximum Gasteiger partial charge on any atom is 0.0692 e. The Morgan fingerprint density at radius 1 is 1.00 bits per heavy atom. The molecule has 0 aliphatic carbocycles. The third-order valence-electron chi connectivity index (χ3n) is 2.73. The Balaban J connectivity index is 2.63. The molecule has 0 N–H and O–H groups in total. The van der Waals surface area contributed by atoms with E-state index in [1.54, 1.807) is 0 Å². The minimum atomic E-state index is 0.392. The zero-order valence-electron chi connectivity index (χ0n) is 8.52. The van der Waals surface area contributed by atoms with Crippen LogP contribution in [-0.2, 0) is 0 Å². The topological polar surface area (TPSA) is 0 Å². The van der Waals surface area contributed by atoms with Crippen molar-refractivity contribution < 1.29 is 0 Å². The quantitative estimate of drug-likeness (QED) is 0.473. The number of rotatable bonds is 0. The molecule has 0 aliphatic rings. The highest BCUT2D eigenvalue weighted by atomic mass is 35.5. The van der Waals surface area contributed by atoms with Crippen molar-refractivity contribution in [1.82, 2.24) is 0 Å². The molecule has 0 aromatic heterocycles. The van der Waals surface area contributed by atoms with Gasteiger partial charge >= 0.3 is 0 Å². The zero-order valence-corrected chi connectivity index (χ0v) is 10.8. The van der Waals surface area contributed by atoms with E-state index in [9.17, 15) is 0 Å². The number of hydrogen-bond donors (Lipinski definition) is 0. The molecule has 3 rings (SSSR count). The Labute approximate surface area is 114 Å². The molecule has 3 aromatic rings. The zero-order chi connectivity index (χ0) is 12.0. The van der Waals surface area contributed by atoms with Crippen LogP contribution in [0.5, 0.6) is 0 Å². The van der Waals surface area contributed by atoms with Gasteiger partial charge in [0.15, 0.2) is 0 Å². The van der Waals surface area contributed by atoms with Crippen LogP contribution >= 0.6 is 34.8 Å². The monoisotopic (exact) mass is 278 g/mol. The lowest BCUT2D eigenvalue weighted by Crippen LogP contribution is -1.82. The van der Waals surface area contributed by atoms with E-state index in [-0.39, 0.29) is 0 Å². The van der Waals surface area contributed by atoms with Gasteiger partial charge in [-0.1, -0.05) is 46.9 Å². The summed E-state index contributed by atoms with van der Waals surface area (Å²) in [6.07, 6.45) is 0. The van der Waals surface area contributed by atoms with Gasteiger partial charge in [-0.3, -0.25) is 0 Å². The van der Waals surface area contributed by atoms with Crippen molar-refractivity contribution in [1.29, 1.82) is 0 Å². The first kappa shape index (κ1) is 11.2. The van der Waals surface area contributed by atoms with Crippen LogP contribution in [0, 0.1) is 12.1 Å². The molecule has 0 unspecified atom stereocenters. The first-order chi connectivity index (χ1) is 8.18. The second-order valence-electron chi connectivity index (χ2n) is 3.71. The summed E-state index contributed by atoms with van der Waals surface area (Å²) in [6.45, 7) is 0. The molecule has 0 bridgehead atoms. The summed E-state index contributed by atoms with van der Waals surface area (Å²) in [7, 11) is 0. The van der Waals surface area contributed by atoms with Gasteiger partial charge in [0.2, 0.25) is 0 Å². The van der Waals surface area contributed by atoms with Gasteiger partial charge in [-0.05, 0) is 40.4 Å². The molecule has 17 heavy (non-hydrogen) atoms. The number of hydrogen-bond acceptors (Lipinski definition) is 0. The highest BCUT2D eigenvalue weighted by Gasteiger charge is 2.10. The molecule has 3 aromatic carbocycles. The lowest BCUT2D eigenvalue weighted by atomic mass is 10.0. The van der Waals surface area contributed by atoms with Crippen LogP contribution in [-0.4, -0.2) is 0 Å². The first-order valence-corrected chi connectivity index (χ1v) is 6.09. The van der Waals surface area contributed by atoms with Gasteiger partial charge in [0, 0.05) is 11.5 Å². The molecule has 2 radical (unpaired) electrons. The minimum absolute atomic E-state index is 0.392. The predicted octanol–water partition coefficient (Wildman–Crippen LogP) is 5.55. The van der Waals surface area contributed by atoms with E-state index < -0.39 is 0 Å². The van der Waals surface area contributed by atoms with Gasteiger partial charge < -0.3 is 0 Å². The van der Waals surface area contributed by atoms with E-state index in [4.69, 9.17) is 34.8 Å². The number of halogens is 3. The maximum absolute atomic E-state index is 6.24. The lowest BCUT2D eigenvalue weighted by molar-refractivity contribution is 1.74. The molecule has 3 heteroatoms. The Morgan fingerprint density at radius 3 is 2.65 bits per heavy atom. The van der Waals surface area contributed by atoms with Crippen LogP contribution in [0.15, 0.2) is 30.3 Å². The fourth-order valence-corrected chi connectivity index (χ4v) is 2.73. The second kappa shape index (κ2) is 4.06. The Hall–Kier alpha value is -0.950. The van der Waals surface area contributed by atoms with Crippen LogP contribution in [0.4, 0.5) is 0 Å². The Morgan fingerprint density at radius 2 is 1.82 bits per heavy atom. The van der Waals surface area contributed by atoms with Gasteiger partial charge in [-0.15, -0.1) is 0 Å². The molecule has 82 valence electrons. The average molecular weight is 280 g/mol. The minimum Gasteiger partial charge on any atom is -0.0836 e. The van der Waals surface area contributed by atoms with Crippen LogP contribution < -0.4 is 0 Å². The highest BCUT2D eigenvalue weighted by molar-refractivity contribution is 6.49. The first-order valence-electron chi connectivity index (χ1n) is 4.96. The standard InChI is InChI=1S/C14H5Cl3/c15-11-6-5-10-9-4-2-1-3-8(9)7-12(16)13(10)14(11)17/h2-5,7H. The van der Waals surface area contributed by atoms with Gasteiger partial charge in [-0.2, -0.15) is 0 Å². The summed E-state index contributed by atoms with van der Waals surface area (Å²) in [5.41, 5.74) is 0. The molecule has 0 saturated heterocycles. The SMILES string of the molecule is Clc1[c]cc2c(c(Cl)cc3c[c]ccc32)c1Cl. The molecular weight excluding hydrogens is 275 g/mol. The fourth-order valence-electron chi connectivity index (χ4n) is 1.96. The van der Waals surface area contributed by atoms with Crippen molar-refractivity contribution in [2.24, 2.45) is 0 Å².